The number of nitrogens with zero attached hydrogens (tertiary/aromatic N) is 1. The van der Waals surface area contributed by atoms with E-state index in [4.69, 9.17) is 0 Å². The van der Waals surface area contributed by atoms with E-state index in [1.807, 2.05) is 18.2 Å². The molecule has 0 spiro atoms. The highest BCUT2D eigenvalue weighted by Crippen LogP contribution is 2.12. The number of nitrogens with one attached hydrogen (secondary N) is 2. The molecule has 0 aliphatic heterocycles. The topological polar surface area (TPSA) is 74.8 Å². The van der Waals surface area contributed by atoms with Crippen molar-refractivity contribution in [2.75, 3.05) is 5.75 Å². The first-order valence-electron chi connectivity index (χ1n) is 5.00. The molecule has 2 rings (SSSR count). The van der Waals surface area contributed by atoms with Gasteiger partial charge >= 0.3 is 0 Å². The van der Waals surface area contributed by atoms with Gasteiger partial charge in [0.1, 0.15) is 0 Å². The second-order valence-corrected chi connectivity index (χ2v) is 5.61. The molecule has 0 saturated heterocycles. The van der Waals surface area contributed by atoms with Gasteiger partial charge in [-0.25, -0.2) is 13.1 Å². The number of rotatable bonds is 4. The van der Waals surface area contributed by atoms with Crippen molar-refractivity contribution in [2.24, 2.45) is 0 Å². The van der Waals surface area contributed by atoms with Gasteiger partial charge in [-0.2, -0.15) is 5.10 Å². The highest BCUT2D eigenvalue weighted by Gasteiger charge is 2.06. The molecule has 0 aliphatic carbocycles. The molecule has 1 aromatic heterocycles. The average Bonchev–Trinajstić information content (AvgIpc) is 2.73. The van der Waals surface area contributed by atoms with Crippen molar-refractivity contribution in [3.63, 3.8) is 0 Å². The van der Waals surface area contributed by atoms with Gasteiger partial charge in [0.15, 0.2) is 0 Å². The molecule has 2 N–H and O–H groups in total. The quantitative estimate of drug-likeness (QED) is 0.836. The largest absolute Gasteiger partial charge is 0.278 e. The van der Waals surface area contributed by atoms with Crippen LogP contribution in [-0.2, 0) is 16.6 Å². The van der Waals surface area contributed by atoms with Crippen molar-refractivity contribution in [3.8, 4) is 0 Å². The summed E-state index contributed by atoms with van der Waals surface area (Å²) in [7, 11) is -3.13. The number of fused-ring (bicyclic) bond motifs is 1. The number of hydrogen-bond acceptors (Lipinski definition) is 3. The van der Waals surface area contributed by atoms with Gasteiger partial charge in [0.2, 0.25) is 10.0 Å². The van der Waals surface area contributed by atoms with E-state index in [0.717, 1.165) is 16.5 Å². The van der Waals surface area contributed by atoms with Crippen molar-refractivity contribution >= 4 is 20.9 Å². The minimum absolute atomic E-state index is 0.0982. The van der Waals surface area contributed by atoms with Crippen LogP contribution in [0.25, 0.3) is 10.9 Å². The number of benzene rings is 1. The van der Waals surface area contributed by atoms with Gasteiger partial charge in [0.25, 0.3) is 0 Å². The first-order chi connectivity index (χ1) is 7.61. The molecule has 0 bridgehead atoms. The fraction of sp³-hybridized carbons (Fsp3) is 0.300. The first-order valence-corrected chi connectivity index (χ1v) is 6.65. The Morgan fingerprint density at radius 2 is 2.25 bits per heavy atom. The smallest absolute Gasteiger partial charge is 0.211 e. The zero-order valence-corrected chi connectivity index (χ0v) is 9.71. The molecule has 0 atom stereocenters. The third-order valence-electron chi connectivity index (χ3n) is 2.38. The van der Waals surface area contributed by atoms with Crippen LogP contribution >= 0.6 is 0 Å². The van der Waals surface area contributed by atoms with E-state index in [9.17, 15) is 8.42 Å². The Morgan fingerprint density at radius 3 is 3.00 bits per heavy atom. The van der Waals surface area contributed by atoms with E-state index in [1.165, 1.54) is 0 Å². The van der Waals surface area contributed by atoms with Gasteiger partial charge in [-0.1, -0.05) is 6.07 Å². The Morgan fingerprint density at radius 1 is 1.44 bits per heavy atom. The molecule has 0 amide bonds. The molecule has 0 fully saturated rings. The molecule has 86 valence electrons. The summed E-state index contributed by atoms with van der Waals surface area (Å²) in [5, 5.41) is 7.73. The monoisotopic (exact) mass is 239 g/mol. The predicted molar refractivity (Wildman–Crippen MR) is 62.4 cm³/mol. The second-order valence-electron chi connectivity index (χ2n) is 3.52. The van der Waals surface area contributed by atoms with E-state index in [-0.39, 0.29) is 5.75 Å². The molecule has 16 heavy (non-hydrogen) atoms. The molecule has 0 aliphatic rings. The zero-order valence-electron chi connectivity index (χ0n) is 8.90. The van der Waals surface area contributed by atoms with Crippen LogP contribution in [0.2, 0.25) is 0 Å². The second kappa shape index (κ2) is 4.23. The van der Waals surface area contributed by atoms with E-state index >= 15 is 0 Å². The van der Waals surface area contributed by atoms with Crippen molar-refractivity contribution in [1.82, 2.24) is 14.9 Å². The minimum Gasteiger partial charge on any atom is -0.278 e. The highest BCUT2D eigenvalue weighted by molar-refractivity contribution is 7.89. The zero-order chi connectivity index (χ0) is 11.6. The van der Waals surface area contributed by atoms with Crippen LogP contribution in [0.3, 0.4) is 0 Å². The van der Waals surface area contributed by atoms with Crippen LogP contribution in [0.5, 0.6) is 0 Å². The van der Waals surface area contributed by atoms with Gasteiger partial charge in [-0.15, -0.1) is 0 Å². The maximum absolute atomic E-state index is 11.3. The normalized spacial score (nSPS) is 12.1. The average molecular weight is 239 g/mol. The van der Waals surface area contributed by atoms with Gasteiger partial charge in [-0.05, 0) is 24.6 Å². The van der Waals surface area contributed by atoms with Crippen LogP contribution in [0.4, 0.5) is 0 Å². The van der Waals surface area contributed by atoms with Crippen molar-refractivity contribution in [2.45, 2.75) is 13.5 Å². The molecule has 1 heterocycles. The predicted octanol–water partition coefficient (Wildman–Crippen LogP) is 1.00. The molecule has 5 nitrogen and oxygen atoms in total. The minimum atomic E-state index is -3.13. The summed E-state index contributed by atoms with van der Waals surface area (Å²) in [6.07, 6.45) is 1.72. The van der Waals surface area contributed by atoms with E-state index in [2.05, 4.69) is 14.9 Å². The van der Waals surface area contributed by atoms with Crippen molar-refractivity contribution < 1.29 is 8.42 Å². The summed E-state index contributed by atoms with van der Waals surface area (Å²) in [6.45, 7) is 1.93. The fourth-order valence-corrected chi connectivity index (χ4v) is 1.99. The Labute approximate surface area is 93.9 Å². The van der Waals surface area contributed by atoms with Crippen molar-refractivity contribution in [1.29, 1.82) is 0 Å². The summed E-state index contributed by atoms with van der Waals surface area (Å²) in [5.74, 6) is 0.0982. The fourth-order valence-electron chi connectivity index (χ4n) is 1.40. The van der Waals surface area contributed by atoms with E-state index < -0.39 is 10.0 Å². The third kappa shape index (κ3) is 2.40. The summed E-state index contributed by atoms with van der Waals surface area (Å²) >= 11 is 0. The lowest BCUT2D eigenvalue weighted by Gasteiger charge is -2.04. The van der Waals surface area contributed by atoms with Crippen LogP contribution in [0, 0.1) is 0 Å². The third-order valence-corrected chi connectivity index (χ3v) is 3.73. The first kappa shape index (κ1) is 11.1. The number of sulfonamides is 1. The van der Waals surface area contributed by atoms with Gasteiger partial charge in [0, 0.05) is 11.9 Å². The van der Waals surface area contributed by atoms with Crippen molar-refractivity contribution in [3.05, 3.63) is 30.0 Å². The lowest BCUT2D eigenvalue weighted by Crippen LogP contribution is -2.24. The van der Waals surface area contributed by atoms with Crippen LogP contribution in [0.15, 0.2) is 24.4 Å². The summed E-state index contributed by atoms with van der Waals surface area (Å²) < 4.78 is 25.0. The Hall–Kier alpha value is -1.40. The maximum Gasteiger partial charge on any atom is 0.211 e. The molecular formula is C10H13N3O2S. The Bertz CT molecular complexity index is 589. The molecule has 6 heteroatoms. The number of H-pyrrole nitrogens is 1. The summed E-state index contributed by atoms with van der Waals surface area (Å²) in [6, 6.07) is 5.67. The van der Waals surface area contributed by atoms with E-state index in [0.29, 0.717) is 6.54 Å². The molecule has 2 aromatic rings. The summed E-state index contributed by atoms with van der Waals surface area (Å²) in [5.41, 5.74) is 1.87. The highest BCUT2D eigenvalue weighted by atomic mass is 32.2. The number of hydrogen-bond donors (Lipinski definition) is 2. The van der Waals surface area contributed by atoms with Crippen LogP contribution in [-0.4, -0.2) is 24.4 Å². The van der Waals surface area contributed by atoms with Crippen LogP contribution < -0.4 is 4.72 Å². The molecule has 1 aromatic carbocycles. The molecular weight excluding hydrogens is 226 g/mol. The maximum atomic E-state index is 11.3. The number of aromatic amines is 1. The van der Waals surface area contributed by atoms with Gasteiger partial charge in [-0.3, -0.25) is 5.10 Å². The summed E-state index contributed by atoms with van der Waals surface area (Å²) in [4.78, 5) is 0. The molecule has 0 saturated carbocycles. The Kier molecular flexibility index (Phi) is 2.93. The lowest BCUT2D eigenvalue weighted by molar-refractivity contribution is 0.582. The van der Waals surface area contributed by atoms with Gasteiger partial charge in [0.05, 0.1) is 17.5 Å². The van der Waals surface area contributed by atoms with E-state index in [1.54, 1.807) is 13.1 Å². The number of aromatic nitrogens is 2. The SMILES string of the molecule is CCS(=O)(=O)NCc1ccc2[nH]ncc2c1. The molecule has 0 radical (unpaired) electrons. The molecule has 0 unspecified atom stereocenters. The van der Waals surface area contributed by atoms with Crippen LogP contribution in [0.1, 0.15) is 12.5 Å². The standard InChI is InChI=1S/C10H13N3O2S/c1-2-16(14,15)12-6-8-3-4-10-9(5-8)7-11-13-10/h3-5,7,12H,2,6H2,1H3,(H,11,13). The Balaban J connectivity index is 2.15. The van der Waals surface area contributed by atoms with Gasteiger partial charge < -0.3 is 0 Å². The lowest BCUT2D eigenvalue weighted by atomic mass is 10.2.